The van der Waals surface area contributed by atoms with Crippen molar-refractivity contribution in [1.29, 1.82) is 0 Å². The summed E-state index contributed by atoms with van der Waals surface area (Å²) in [6.45, 7) is 1.17. The van der Waals surface area contributed by atoms with Crippen molar-refractivity contribution in [3.05, 3.63) is 0 Å². The lowest BCUT2D eigenvalue weighted by Gasteiger charge is -2.23. The fourth-order valence-corrected chi connectivity index (χ4v) is 2.42. The predicted molar refractivity (Wildman–Crippen MR) is 73.0 cm³/mol. The summed E-state index contributed by atoms with van der Waals surface area (Å²) in [5.74, 6) is -1.13. The van der Waals surface area contributed by atoms with Crippen LogP contribution in [0.25, 0.3) is 0 Å². The Hall–Kier alpha value is -0.740. The predicted octanol–water partition coefficient (Wildman–Crippen LogP) is -1.49. The molecule has 0 aromatic carbocycles. The van der Waals surface area contributed by atoms with Crippen molar-refractivity contribution in [3.63, 3.8) is 0 Å². The molecule has 19 heavy (non-hydrogen) atoms. The lowest BCUT2D eigenvalue weighted by atomic mass is 10.2. The molecule has 4 N–H and O–H groups in total. The molecule has 0 aliphatic heterocycles. The number of nitrogens with two attached hydrogens (primary N) is 1. The van der Waals surface area contributed by atoms with Crippen LogP contribution in [0, 0.1) is 0 Å². The molecule has 0 heterocycles. The van der Waals surface area contributed by atoms with E-state index in [0.29, 0.717) is 13.0 Å². The molecular weight excluding hydrogens is 272 g/mol. The fraction of sp³-hybridized carbons (Fsp3) is 0.900. The molecule has 0 aliphatic carbocycles. The van der Waals surface area contributed by atoms with Crippen molar-refractivity contribution >= 4 is 16.2 Å². The minimum Gasteiger partial charge on any atom is -0.480 e. The van der Waals surface area contributed by atoms with Crippen molar-refractivity contribution in [2.45, 2.75) is 18.9 Å². The normalized spacial score (nSPS) is 14.0. The number of aliphatic carboxylic acids is 1. The van der Waals surface area contributed by atoms with Gasteiger partial charge in [-0.2, -0.15) is 12.7 Å². The monoisotopic (exact) mass is 296 g/mol. The molecular formula is C10H24N4O4S. The van der Waals surface area contributed by atoms with Crippen LogP contribution in [0.5, 0.6) is 0 Å². The lowest BCUT2D eigenvalue weighted by molar-refractivity contribution is -0.138. The first kappa shape index (κ1) is 18.3. The van der Waals surface area contributed by atoms with Gasteiger partial charge in [-0.3, -0.25) is 4.79 Å². The molecule has 114 valence electrons. The summed E-state index contributed by atoms with van der Waals surface area (Å²) < 4.78 is 27.0. The second-order valence-electron chi connectivity index (χ2n) is 4.50. The molecule has 0 radical (unpaired) electrons. The fourth-order valence-electron chi connectivity index (χ4n) is 1.45. The van der Waals surface area contributed by atoms with E-state index in [0.717, 1.165) is 6.54 Å². The van der Waals surface area contributed by atoms with Gasteiger partial charge in [0.05, 0.1) is 0 Å². The van der Waals surface area contributed by atoms with Gasteiger partial charge in [0.15, 0.2) is 0 Å². The Morgan fingerprint density at radius 1 is 1.32 bits per heavy atom. The van der Waals surface area contributed by atoms with Crippen molar-refractivity contribution in [2.24, 2.45) is 5.73 Å². The minimum atomic E-state index is -3.56. The highest BCUT2D eigenvalue weighted by Gasteiger charge is 2.22. The van der Waals surface area contributed by atoms with Gasteiger partial charge in [-0.15, -0.1) is 0 Å². The Morgan fingerprint density at radius 3 is 2.32 bits per heavy atom. The van der Waals surface area contributed by atoms with Gasteiger partial charge in [0, 0.05) is 20.1 Å². The topological polar surface area (TPSA) is 116 Å². The standard InChI is InChI=1S/C10H24N4O4S/c1-12-19(17,18)14(7-4-6-13(2)3)8-5-9(11)10(15)16/h9,12H,4-8,11H2,1-3H3,(H,15,16)/t9-/m0/s1. The highest BCUT2D eigenvalue weighted by Crippen LogP contribution is 2.03. The molecule has 0 saturated heterocycles. The van der Waals surface area contributed by atoms with Gasteiger partial charge in [-0.05, 0) is 33.5 Å². The van der Waals surface area contributed by atoms with Crippen LogP contribution in [0.3, 0.4) is 0 Å². The summed E-state index contributed by atoms with van der Waals surface area (Å²) in [5, 5.41) is 8.69. The van der Waals surface area contributed by atoms with Crippen molar-refractivity contribution < 1.29 is 18.3 Å². The summed E-state index contributed by atoms with van der Waals surface area (Å²) in [4.78, 5) is 12.6. The maximum absolute atomic E-state index is 11.8. The first-order chi connectivity index (χ1) is 8.70. The Kier molecular flexibility index (Phi) is 8.11. The molecule has 0 aromatic rings. The maximum Gasteiger partial charge on any atom is 0.320 e. The van der Waals surface area contributed by atoms with Crippen LogP contribution >= 0.6 is 0 Å². The van der Waals surface area contributed by atoms with E-state index in [1.165, 1.54) is 11.4 Å². The molecule has 0 rings (SSSR count). The molecule has 8 nitrogen and oxygen atoms in total. The summed E-state index contributed by atoms with van der Waals surface area (Å²) in [5.41, 5.74) is 5.38. The largest absolute Gasteiger partial charge is 0.480 e. The van der Waals surface area contributed by atoms with Crippen LogP contribution in [0.4, 0.5) is 0 Å². The van der Waals surface area contributed by atoms with Gasteiger partial charge in [0.25, 0.3) is 10.2 Å². The second kappa shape index (κ2) is 8.43. The van der Waals surface area contributed by atoms with Gasteiger partial charge in [0.1, 0.15) is 6.04 Å². The maximum atomic E-state index is 11.8. The average Bonchev–Trinajstić information content (AvgIpc) is 2.32. The number of nitrogens with one attached hydrogen (secondary N) is 1. The third-order valence-corrected chi connectivity index (χ3v) is 4.18. The Morgan fingerprint density at radius 2 is 1.89 bits per heavy atom. The molecule has 0 bridgehead atoms. The quantitative estimate of drug-likeness (QED) is 0.452. The van der Waals surface area contributed by atoms with Crippen molar-refractivity contribution in [3.8, 4) is 0 Å². The van der Waals surface area contributed by atoms with Gasteiger partial charge in [-0.25, -0.2) is 4.72 Å². The van der Waals surface area contributed by atoms with Crippen molar-refractivity contribution in [2.75, 3.05) is 40.8 Å². The minimum absolute atomic E-state index is 0.0816. The second-order valence-corrected chi connectivity index (χ2v) is 6.37. The zero-order chi connectivity index (χ0) is 15.1. The Bertz CT molecular complexity index is 372. The zero-order valence-corrected chi connectivity index (χ0v) is 12.5. The summed E-state index contributed by atoms with van der Waals surface area (Å²) in [7, 11) is 1.56. The third-order valence-electron chi connectivity index (χ3n) is 2.62. The first-order valence-corrected chi connectivity index (χ1v) is 7.46. The van der Waals surface area contributed by atoms with Gasteiger partial charge in [-0.1, -0.05) is 0 Å². The van der Waals surface area contributed by atoms with E-state index in [4.69, 9.17) is 10.8 Å². The van der Waals surface area contributed by atoms with Crippen LogP contribution in [-0.2, 0) is 15.0 Å². The van der Waals surface area contributed by atoms with Gasteiger partial charge in [0.2, 0.25) is 0 Å². The third kappa shape index (κ3) is 7.43. The smallest absolute Gasteiger partial charge is 0.320 e. The molecule has 1 atom stereocenters. The average molecular weight is 296 g/mol. The van der Waals surface area contributed by atoms with Crippen LogP contribution in [0.2, 0.25) is 0 Å². The van der Waals surface area contributed by atoms with Gasteiger partial charge >= 0.3 is 5.97 Å². The number of carboxylic acids is 1. The molecule has 0 saturated carbocycles. The number of hydrogen-bond acceptors (Lipinski definition) is 5. The molecule has 0 unspecified atom stereocenters. The SMILES string of the molecule is CNS(=O)(=O)N(CCCN(C)C)CC[C@H](N)C(=O)O. The van der Waals surface area contributed by atoms with E-state index in [1.54, 1.807) is 0 Å². The Balaban J connectivity index is 4.48. The van der Waals surface area contributed by atoms with E-state index in [1.807, 2.05) is 19.0 Å². The van der Waals surface area contributed by atoms with E-state index in [-0.39, 0.29) is 13.0 Å². The van der Waals surface area contributed by atoms with E-state index in [9.17, 15) is 13.2 Å². The number of carboxylic acid groups (broad SMARTS) is 1. The molecule has 0 spiro atoms. The van der Waals surface area contributed by atoms with Crippen LogP contribution in [0.1, 0.15) is 12.8 Å². The zero-order valence-electron chi connectivity index (χ0n) is 11.7. The molecule has 0 fully saturated rings. The van der Waals surface area contributed by atoms with Crippen molar-refractivity contribution in [1.82, 2.24) is 13.9 Å². The molecule has 0 amide bonds. The number of nitrogens with zero attached hydrogens (tertiary/aromatic N) is 2. The Labute approximate surface area is 114 Å². The highest BCUT2D eigenvalue weighted by molar-refractivity contribution is 7.87. The van der Waals surface area contributed by atoms with E-state index < -0.39 is 22.2 Å². The molecule has 0 aromatic heterocycles. The molecule has 9 heteroatoms. The highest BCUT2D eigenvalue weighted by atomic mass is 32.2. The summed E-state index contributed by atoms with van der Waals surface area (Å²) in [6, 6.07) is -1.05. The lowest BCUT2D eigenvalue weighted by Crippen LogP contribution is -2.43. The number of carbonyl (C=O) groups is 1. The van der Waals surface area contributed by atoms with Crippen LogP contribution < -0.4 is 10.5 Å². The van der Waals surface area contributed by atoms with Crippen LogP contribution in [0.15, 0.2) is 0 Å². The van der Waals surface area contributed by atoms with E-state index >= 15 is 0 Å². The van der Waals surface area contributed by atoms with Crippen LogP contribution in [-0.4, -0.2) is 75.5 Å². The number of hydrogen-bond donors (Lipinski definition) is 3. The van der Waals surface area contributed by atoms with E-state index in [2.05, 4.69) is 4.72 Å². The summed E-state index contributed by atoms with van der Waals surface area (Å²) in [6.07, 6.45) is 0.744. The van der Waals surface area contributed by atoms with Gasteiger partial charge < -0.3 is 15.7 Å². The summed E-state index contributed by atoms with van der Waals surface area (Å²) >= 11 is 0. The molecule has 0 aliphatic rings. The first-order valence-electron chi connectivity index (χ1n) is 6.02. The number of rotatable bonds is 10.